The van der Waals surface area contributed by atoms with E-state index in [-0.39, 0.29) is 0 Å². The van der Waals surface area contributed by atoms with Crippen molar-refractivity contribution in [3.63, 3.8) is 0 Å². The van der Waals surface area contributed by atoms with Gasteiger partial charge in [0.25, 0.3) is 0 Å². The summed E-state index contributed by atoms with van der Waals surface area (Å²) < 4.78 is 0. The Labute approximate surface area is 143 Å². The Morgan fingerprint density at radius 3 is 2.52 bits per heavy atom. The topological polar surface area (TPSA) is 63.3 Å². The highest BCUT2D eigenvalue weighted by molar-refractivity contribution is 7.14. The Morgan fingerprint density at radius 2 is 1.83 bits per heavy atom. The van der Waals surface area contributed by atoms with Gasteiger partial charge >= 0.3 is 0 Å². The molecule has 2 aromatic carbocycles. The van der Waals surface area contributed by atoms with Crippen LogP contribution in [0, 0.1) is 0 Å². The number of nitrogens with two attached hydrogens (primary N) is 1. The Morgan fingerprint density at radius 1 is 1.13 bits per heavy atom. The van der Waals surface area contributed by atoms with Crippen molar-refractivity contribution in [3.05, 3.63) is 64.5 Å². The Hall–Kier alpha value is -2.37. The van der Waals surface area contributed by atoms with E-state index < -0.39 is 0 Å². The van der Waals surface area contributed by atoms with Crippen molar-refractivity contribution in [1.29, 1.82) is 0 Å². The molecule has 0 saturated carbocycles. The van der Waals surface area contributed by atoms with Gasteiger partial charge in [0.1, 0.15) is 0 Å². The number of thiazole rings is 1. The lowest BCUT2D eigenvalue weighted by molar-refractivity contribution is 1.27. The zero-order valence-corrected chi connectivity index (χ0v) is 14.0. The summed E-state index contributed by atoms with van der Waals surface area (Å²) in [5.74, 6) is 0. The molecule has 0 aliphatic heterocycles. The van der Waals surface area contributed by atoms with Crippen molar-refractivity contribution in [1.82, 2.24) is 4.98 Å². The number of anilines is 2. The van der Waals surface area contributed by atoms with Gasteiger partial charge in [0.15, 0.2) is 0 Å². The number of hydrogen-bond donors (Lipinski definition) is 2. The first kappa shape index (κ1) is 15.5. The molecule has 3 N–H and O–H groups in total. The molecule has 1 aromatic heterocycles. The van der Waals surface area contributed by atoms with Gasteiger partial charge in [0.05, 0.1) is 11.4 Å². The molecule has 0 aliphatic rings. The molecule has 3 rings (SSSR count). The molecule has 0 atom stereocenters. The maximum atomic E-state index is 5.90. The van der Waals surface area contributed by atoms with E-state index in [0.29, 0.717) is 5.02 Å². The highest BCUT2D eigenvalue weighted by Gasteiger charge is 2.04. The summed E-state index contributed by atoms with van der Waals surface area (Å²) >= 11 is 7.41. The van der Waals surface area contributed by atoms with Crippen LogP contribution in [0.15, 0.2) is 59.0 Å². The van der Waals surface area contributed by atoms with Crippen LogP contribution in [0.3, 0.4) is 0 Å². The quantitative estimate of drug-likeness (QED) is 0.403. The molecule has 3 aromatic rings. The van der Waals surface area contributed by atoms with E-state index in [1.165, 1.54) is 11.3 Å². The van der Waals surface area contributed by atoms with E-state index in [1.807, 2.05) is 60.8 Å². The van der Waals surface area contributed by atoms with Crippen LogP contribution in [0.1, 0.15) is 12.5 Å². The number of hydrogen-bond acceptors (Lipinski definition) is 5. The van der Waals surface area contributed by atoms with Crippen LogP contribution in [0.25, 0.3) is 11.3 Å². The second-order valence-electron chi connectivity index (χ2n) is 4.98. The molecule has 0 bridgehead atoms. The minimum Gasteiger partial charge on any atom is -0.399 e. The summed E-state index contributed by atoms with van der Waals surface area (Å²) in [6, 6.07) is 15.2. The van der Waals surface area contributed by atoms with Crippen LogP contribution >= 0.6 is 22.9 Å². The molecule has 0 fully saturated rings. The molecule has 0 unspecified atom stereocenters. The number of nitrogens with one attached hydrogen (secondary N) is 1. The SMILES string of the molecule is C/C(=N\Nc1nc(-c2ccc(Cl)cc2)cs1)c1ccc(N)cc1. The zero-order valence-electron chi connectivity index (χ0n) is 12.5. The van der Waals surface area contributed by atoms with Crippen LogP contribution in [-0.2, 0) is 0 Å². The number of hydrazone groups is 1. The second-order valence-corrected chi connectivity index (χ2v) is 6.27. The van der Waals surface area contributed by atoms with Gasteiger partial charge in [-0.15, -0.1) is 11.3 Å². The largest absolute Gasteiger partial charge is 0.399 e. The van der Waals surface area contributed by atoms with Gasteiger partial charge in [0, 0.05) is 21.7 Å². The minimum absolute atomic E-state index is 0.714. The molecule has 0 aliphatic carbocycles. The van der Waals surface area contributed by atoms with Crippen LogP contribution in [0.4, 0.5) is 10.8 Å². The molecule has 23 heavy (non-hydrogen) atoms. The van der Waals surface area contributed by atoms with Crippen LogP contribution in [0.5, 0.6) is 0 Å². The molecule has 0 radical (unpaired) electrons. The average molecular weight is 343 g/mol. The predicted octanol–water partition coefficient (Wildman–Crippen LogP) is 4.88. The highest BCUT2D eigenvalue weighted by atomic mass is 35.5. The maximum absolute atomic E-state index is 5.90. The van der Waals surface area contributed by atoms with Gasteiger partial charge in [-0.25, -0.2) is 4.98 Å². The molecule has 116 valence electrons. The molecule has 6 heteroatoms. The molecule has 0 spiro atoms. The van der Waals surface area contributed by atoms with E-state index in [9.17, 15) is 0 Å². The second kappa shape index (κ2) is 6.81. The van der Waals surface area contributed by atoms with E-state index in [0.717, 1.165) is 33.4 Å². The molecule has 1 heterocycles. The van der Waals surface area contributed by atoms with Gasteiger partial charge in [-0.05, 0) is 36.8 Å². The van der Waals surface area contributed by atoms with E-state index >= 15 is 0 Å². The number of rotatable bonds is 4. The summed E-state index contributed by atoms with van der Waals surface area (Å²) in [7, 11) is 0. The lowest BCUT2D eigenvalue weighted by Gasteiger charge is -2.02. The van der Waals surface area contributed by atoms with Crippen molar-refractivity contribution in [2.45, 2.75) is 6.92 Å². The van der Waals surface area contributed by atoms with Crippen LogP contribution in [0.2, 0.25) is 5.02 Å². The minimum atomic E-state index is 0.714. The first-order valence-corrected chi connectivity index (χ1v) is 8.25. The van der Waals surface area contributed by atoms with Crippen molar-refractivity contribution < 1.29 is 0 Å². The molecular weight excluding hydrogens is 328 g/mol. The van der Waals surface area contributed by atoms with Crippen LogP contribution < -0.4 is 11.2 Å². The Bertz CT molecular complexity index is 823. The summed E-state index contributed by atoms with van der Waals surface area (Å²) in [6.45, 7) is 1.94. The first-order valence-electron chi connectivity index (χ1n) is 6.99. The fraction of sp³-hybridized carbons (Fsp3) is 0.0588. The number of benzene rings is 2. The third kappa shape index (κ3) is 3.88. The van der Waals surface area contributed by atoms with Crippen molar-refractivity contribution in [2.75, 3.05) is 11.2 Å². The zero-order chi connectivity index (χ0) is 16.2. The van der Waals surface area contributed by atoms with E-state index in [4.69, 9.17) is 17.3 Å². The van der Waals surface area contributed by atoms with Gasteiger partial charge in [-0.3, -0.25) is 5.43 Å². The number of halogens is 1. The van der Waals surface area contributed by atoms with Crippen molar-refractivity contribution in [2.24, 2.45) is 5.10 Å². The summed E-state index contributed by atoms with van der Waals surface area (Å²) in [4.78, 5) is 4.53. The number of nitrogens with zero attached hydrogens (tertiary/aromatic N) is 2. The van der Waals surface area contributed by atoms with Gasteiger partial charge in [-0.2, -0.15) is 5.10 Å². The van der Waals surface area contributed by atoms with E-state index in [2.05, 4.69) is 15.5 Å². The Kier molecular flexibility index (Phi) is 4.60. The smallest absolute Gasteiger partial charge is 0.203 e. The fourth-order valence-corrected chi connectivity index (χ4v) is 2.79. The molecule has 0 saturated heterocycles. The molecule has 0 amide bonds. The monoisotopic (exact) mass is 342 g/mol. The third-order valence-electron chi connectivity index (χ3n) is 3.29. The normalized spacial score (nSPS) is 11.5. The summed E-state index contributed by atoms with van der Waals surface area (Å²) in [5, 5.41) is 7.81. The maximum Gasteiger partial charge on any atom is 0.203 e. The number of aromatic nitrogens is 1. The standard InChI is InChI=1S/C17H15ClN4S/c1-11(12-4-8-15(19)9-5-12)21-22-17-20-16(10-23-17)13-2-6-14(18)7-3-13/h2-10H,19H2,1H3,(H,20,22)/b21-11+. The lowest BCUT2D eigenvalue weighted by atomic mass is 10.1. The molecular formula is C17H15ClN4S. The van der Waals surface area contributed by atoms with Gasteiger partial charge in [0.2, 0.25) is 5.13 Å². The average Bonchev–Trinajstić information content (AvgIpc) is 3.03. The highest BCUT2D eigenvalue weighted by Crippen LogP contribution is 2.26. The van der Waals surface area contributed by atoms with E-state index in [1.54, 1.807) is 0 Å². The summed E-state index contributed by atoms with van der Waals surface area (Å²) in [5.41, 5.74) is 13.2. The fourth-order valence-electron chi connectivity index (χ4n) is 2.00. The van der Waals surface area contributed by atoms with Gasteiger partial charge < -0.3 is 5.73 Å². The van der Waals surface area contributed by atoms with Crippen molar-refractivity contribution >= 4 is 39.5 Å². The number of nitrogen functional groups attached to an aromatic ring is 1. The van der Waals surface area contributed by atoms with Gasteiger partial charge in [-0.1, -0.05) is 35.9 Å². The predicted molar refractivity (Wildman–Crippen MR) is 99.2 cm³/mol. The first-order chi connectivity index (χ1) is 11.1. The lowest BCUT2D eigenvalue weighted by Crippen LogP contribution is -1.99. The Balaban J connectivity index is 1.72. The third-order valence-corrected chi connectivity index (χ3v) is 4.29. The summed E-state index contributed by atoms with van der Waals surface area (Å²) in [6.07, 6.45) is 0. The van der Waals surface area contributed by atoms with Crippen molar-refractivity contribution in [3.8, 4) is 11.3 Å². The van der Waals surface area contributed by atoms with Crippen LogP contribution in [-0.4, -0.2) is 10.7 Å². The molecule has 4 nitrogen and oxygen atoms in total.